The Morgan fingerprint density at radius 3 is 2.81 bits per heavy atom. The van der Waals surface area contributed by atoms with Crippen molar-refractivity contribution in [3.8, 4) is 0 Å². The van der Waals surface area contributed by atoms with E-state index in [1.54, 1.807) is 7.05 Å². The minimum Gasteiger partial charge on any atom is -0.381 e. The highest BCUT2D eigenvalue weighted by molar-refractivity contribution is 7.12. The summed E-state index contributed by atoms with van der Waals surface area (Å²) in [6.07, 6.45) is 2.89. The highest BCUT2D eigenvalue weighted by Crippen LogP contribution is 2.12. The number of aliphatic imine (C=N–C) groups is 1. The molecular weight excluding hydrogens is 352 g/mol. The van der Waals surface area contributed by atoms with Gasteiger partial charge >= 0.3 is 0 Å². The molecule has 146 valence electrons. The lowest BCUT2D eigenvalue weighted by molar-refractivity contribution is 0.0888. The Kier molecular flexibility index (Phi) is 10.1. The number of guanidine groups is 1. The maximum atomic E-state index is 11.8. The molecule has 1 fully saturated rings. The van der Waals surface area contributed by atoms with Gasteiger partial charge in [-0.25, -0.2) is 0 Å². The predicted octanol–water partition coefficient (Wildman–Crippen LogP) is 1.48. The largest absolute Gasteiger partial charge is 0.381 e. The first-order chi connectivity index (χ1) is 12.8. The summed E-state index contributed by atoms with van der Waals surface area (Å²) < 4.78 is 11.0. The van der Waals surface area contributed by atoms with Gasteiger partial charge in [0.25, 0.3) is 5.91 Å². The zero-order valence-electron chi connectivity index (χ0n) is 15.5. The summed E-state index contributed by atoms with van der Waals surface area (Å²) in [4.78, 5) is 16.7. The van der Waals surface area contributed by atoms with Gasteiger partial charge in [-0.15, -0.1) is 11.3 Å². The Hall–Kier alpha value is -1.64. The molecule has 0 bridgehead atoms. The van der Waals surface area contributed by atoms with Crippen LogP contribution in [0.2, 0.25) is 0 Å². The lowest BCUT2D eigenvalue weighted by atomic mass is 10.1. The molecule has 1 saturated heterocycles. The molecule has 0 spiro atoms. The standard InChI is InChI=1S/C18H30N4O3S/c1-19-18(22-9-4-10-24-13-15-6-11-25-14-15)21-8-3-7-20-17(23)16-5-2-12-26-16/h2,5,12,15H,3-4,6-11,13-14H2,1H3,(H,20,23)(H2,19,21,22). The van der Waals surface area contributed by atoms with Gasteiger partial charge in [0, 0.05) is 45.8 Å². The first-order valence-electron chi connectivity index (χ1n) is 9.21. The highest BCUT2D eigenvalue weighted by Gasteiger charge is 2.15. The van der Waals surface area contributed by atoms with Crippen LogP contribution in [0.3, 0.4) is 0 Å². The Labute approximate surface area is 159 Å². The molecule has 8 heteroatoms. The molecule has 1 amide bonds. The van der Waals surface area contributed by atoms with Gasteiger partial charge in [-0.1, -0.05) is 6.07 Å². The van der Waals surface area contributed by atoms with Gasteiger partial charge < -0.3 is 25.4 Å². The minimum atomic E-state index is -0.00771. The van der Waals surface area contributed by atoms with E-state index in [9.17, 15) is 4.79 Å². The molecular formula is C18H30N4O3S. The molecule has 7 nitrogen and oxygen atoms in total. The van der Waals surface area contributed by atoms with E-state index >= 15 is 0 Å². The molecule has 1 aromatic heterocycles. The van der Waals surface area contributed by atoms with E-state index in [2.05, 4.69) is 20.9 Å². The number of nitrogens with one attached hydrogen (secondary N) is 3. The molecule has 0 saturated carbocycles. The minimum absolute atomic E-state index is 0.00771. The van der Waals surface area contributed by atoms with E-state index in [4.69, 9.17) is 9.47 Å². The third-order valence-corrected chi connectivity index (χ3v) is 4.90. The molecule has 0 aromatic carbocycles. The van der Waals surface area contributed by atoms with Gasteiger partial charge in [0.05, 0.1) is 18.1 Å². The Morgan fingerprint density at radius 1 is 1.31 bits per heavy atom. The summed E-state index contributed by atoms with van der Waals surface area (Å²) in [6, 6.07) is 3.71. The van der Waals surface area contributed by atoms with Crippen molar-refractivity contribution in [2.45, 2.75) is 19.3 Å². The van der Waals surface area contributed by atoms with E-state index in [0.29, 0.717) is 12.5 Å². The van der Waals surface area contributed by atoms with E-state index in [1.165, 1.54) is 11.3 Å². The van der Waals surface area contributed by atoms with Crippen molar-refractivity contribution in [3.05, 3.63) is 22.4 Å². The third-order valence-electron chi connectivity index (χ3n) is 4.04. The normalized spacial score (nSPS) is 17.3. The van der Waals surface area contributed by atoms with Gasteiger partial charge in [0.15, 0.2) is 5.96 Å². The van der Waals surface area contributed by atoms with Crippen LogP contribution in [0.4, 0.5) is 0 Å². The van der Waals surface area contributed by atoms with Crippen LogP contribution in [-0.2, 0) is 9.47 Å². The molecule has 1 aliphatic rings. The molecule has 0 aliphatic carbocycles. The van der Waals surface area contributed by atoms with Gasteiger partial charge in [0.2, 0.25) is 0 Å². The summed E-state index contributed by atoms with van der Waals surface area (Å²) in [7, 11) is 1.75. The van der Waals surface area contributed by atoms with Crippen molar-refractivity contribution >= 4 is 23.2 Å². The molecule has 26 heavy (non-hydrogen) atoms. The van der Waals surface area contributed by atoms with E-state index in [-0.39, 0.29) is 5.91 Å². The fraction of sp³-hybridized carbons (Fsp3) is 0.667. The van der Waals surface area contributed by atoms with Crippen LogP contribution < -0.4 is 16.0 Å². The predicted molar refractivity (Wildman–Crippen MR) is 105 cm³/mol. The second-order valence-corrected chi connectivity index (χ2v) is 7.12. The van der Waals surface area contributed by atoms with Crippen LogP contribution in [0.5, 0.6) is 0 Å². The van der Waals surface area contributed by atoms with Crippen molar-refractivity contribution in [2.24, 2.45) is 10.9 Å². The number of hydrogen-bond acceptors (Lipinski definition) is 5. The molecule has 1 atom stereocenters. The second kappa shape index (κ2) is 12.7. The fourth-order valence-corrected chi connectivity index (χ4v) is 3.20. The van der Waals surface area contributed by atoms with Crippen molar-refractivity contribution in [1.82, 2.24) is 16.0 Å². The smallest absolute Gasteiger partial charge is 0.261 e. The topological polar surface area (TPSA) is 84.0 Å². The van der Waals surface area contributed by atoms with Crippen LogP contribution >= 0.6 is 11.3 Å². The molecule has 0 radical (unpaired) electrons. The Bertz CT molecular complexity index is 531. The van der Waals surface area contributed by atoms with Crippen LogP contribution in [0, 0.1) is 5.92 Å². The average molecular weight is 383 g/mol. The summed E-state index contributed by atoms with van der Waals surface area (Å²) in [6.45, 7) is 5.45. The zero-order valence-corrected chi connectivity index (χ0v) is 16.3. The van der Waals surface area contributed by atoms with Crippen LogP contribution in [0.15, 0.2) is 22.5 Å². The Balaban J connectivity index is 1.43. The average Bonchev–Trinajstić information content (AvgIpc) is 3.36. The highest BCUT2D eigenvalue weighted by atomic mass is 32.1. The number of hydrogen-bond donors (Lipinski definition) is 3. The quantitative estimate of drug-likeness (QED) is 0.307. The first kappa shape index (κ1) is 20.7. The first-order valence-corrected chi connectivity index (χ1v) is 10.1. The van der Waals surface area contributed by atoms with Crippen LogP contribution in [-0.4, -0.2) is 65.0 Å². The lowest BCUT2D eigenvalue weighted by Gasteiger charge is -2.12. The summed E-state index contributed by atoms with van der Waals surface area (Å²) >= 11 is 1.45. The summed E-state index contributed by atoms with van der Waals surface area (Å²) in [5.74, 6) is 1.34. The van der Waals surface area contributed by atoms with Gasteiger partial charge in [0.1, 0.15) is 0 Å². The van der Waals surface area contributed by atoms with E-state index in [1.807, 2.05) is 17.5 Å². The van der Waals surface area contributed by atoms with Gasteiger partial charge in [-0.05, 0) is 30.7 Å². The maximum Gasteiger partial charge on any atom is 0.261 e. The van der Waals surface area contributed by atoms with E-state index in [0.717, 1.165) is 69.6 Å². The molecule has 2 rings (SSSR count). The number of amides is 1. The van der Waals surface area contributed by atoms with Crippen molar-refractivity contribution in [2.75, 3.05) is 53.1 Å². The number of thiophene rings is 1. The molecule has 2 heterocycles. The zero-order chi connectivity index (χ0) is 18.5. The van der Waals surface area contributed by atoms with Gasteiger partial charge in [-0.2, -0.15) is 0 Å². The number of nitrogens with zero attached hydrogens (tertiary/aromatic N) is 1. The summed E-state index contributed by atoms with van der Waals surface area (Å²) in [5, 5.41) is 11.3. The van der Waals surface area contributed by atoms with Crippen molar-refractivity contribution < 1.29 is 14.3 Å². The fourth-order valence-electron chi connectivity index (χ4n) is 2.56. The monoisotopic (exact) mass is 382 g/mol. The molecule has 3 N–H and O–H groups in total. The SMILES string of the molecule is CN=C(NCCCNC(=O)c1cccs1)NCCCOCC1CCOC1. The molecule has 1 unspecified atom stereocenters. The number of carbonyl (C=O) groups is 1. The van der Waals surface area contributed by atoms with E-state index < -0.39 is 0 Å². The van der Waals surface area contributed by atoms with Crippen LogP contribution in [0.1, 0.15) is 28.9 Å². The Morgan fingerprint density at radius 2 is 2.12 bits per heavy atom. The second-order valence-electron chi connectivity index (χ2n) is 6.17. The number of carbonyl (C=O) groups excluding carboxylic acids is 1. The maximum absolute atomic E-state index is 11.8. The summed E-state index contributed by atoms with van der Waals surface area (Å²) in [5.41, 5.74) is 0. The third kappa shape index (κ3) is 8.16. The van der Waals surface area contributed by atoms with Crippen molar-refractivity contribution in [1.29, 1.82) is 0 Å². The number of ether oxygens (including phenoxy) is 2. The molecule has 1 aromatic rings. The molecule has 1 aliphatic heterocycles. The van der Waals surface area contributed by atoms with Crippen molar-refractivity contribution in [3.63, 3.8) is 0 Å². The van der Waals surface area contributed by atoms with Crippen LogP contribution in [0.25, 0.3) is 0 Å². The lowest BCUT2D eigenvalue weighted by Crippen LogP contribution is -2.39. The number of rotatable bonds is 11. The van der Waals surface area contributed by atoms with Gasteiger partial charge in [-0.3, -0.25) is 9.79 Å².